The van der Waals surface area contributed by atoms with Gasteiger partial charge in [-0.3, -0.25) is 4.90 Å². The van der Waals surface area contributed by atoms with Crippen molar-refractivity contribution < 1.29 is 8.78 Å². The van der Waals surface area contributed by atoms with Crippen LogP contribution in [0.15, 0.2) is 36.5 Å². The van der Waals surface area contributed by atoms with E-state index in [0.717, 1.165) is 19.5 Å². The number of anilines is 1. The van der Waals surface area contributed by atoms with Gasteiger partial charge in [0.1, 0.15) is 23.5 Å². The minimum Gasteiger partial charge on any atom is -0.354 e. The van der Waals surface area contributed by atoms with Crippen molar-refractivity contribution in [1.29, 1.82) is 5.26 Å². The predicted molar refractivity (Wildman–Crippen MR) is 92.1 cm³/mol. The van der Waals surface area contributed by atoms with Crippen LogP contribution in [0.2, 0.25) is 0 Å². The summed E-state index contributed by atoms with van der Waals surface area (Å²) in [5, 5.41) is 9.26. The number of nitriles is 1. The quantitative estimate of drug-likeness (QED) is 0.856. The first kappa shape index (κ1) is 17.3. The van der Waals surface area contributed by atoms with E-state index >= 15 is 0 Å². The molecule has 3 rings (SSSR count). The summed E-state index contributed by atoms with van der Waals surface area (Å²) in [4.78, 5) is 8.49. The van der Waals surface area contributed by atoms with Crippen LogP contribution in [0.4, 0.5) is 14.6 Å². The summed E-state index contributed by atoms with van der Waals surface area (Å²) in [5.41, 5.74) is 0.663. The van der Waals surface area contributed by atoms with Crippen molar-refractivity contribution in [3.05, 3.63) is 59.3 Å². The van der Waals surface area contributed by atoms with Crippen molar-refractivity contribution in [2.75, 3.05) is 31.1 Å². The smallest absolute Gasteiger partial charge is 0.146 e. The van der Waals surface area contributed by atoms with Crippen LogP contribution in [0.1, 0.15) is 30.5 Å². The van der Waals surface area contributed by atoms with Gasteiger partial charge in [-0.05, 0) is 37.6 Å². The van der Waals surface area contributed by atoms with Gasteiger partial charge in [-0.2, -0.15) is 5.26 Å². The molecule has 2 aromatic rings. The summed E-state index contributed by atoms with van der Waals surface area (Å²) in [7, 11) is 0. The molecule has 0 N–H and O–H groups in total. The van der Waals surface area contributed by atoms with Gasteiger partial charge in [0.05, 0.1) is 5.56 Å². The molecule has 0 radical (unpaired) electrons. The standard InChI is InChI=1S/C19H20F2N4/c1-14(18-16(20)6-2-7-17(18)21)24-9-4-10-25(12-11-24)19-15(13-22)5-3-8-23-19/h2-3,5-8,14H,4,9-12H2,1H3. The summed E-state index contributed by atoms with van der Waals surface area (Å²) in [6.45, 7) is 4.63. The molecule has 1 atom stereocenters. The lowest BCUT2D eigenvalue weighted by Crippen LogP contribution is -2.33. The second kappa shape index (κ2) is 7.58. The number of halogens is 2. The molecule has 0 spiro atoms. The number of rotatable bonds is 3. The predicted octanol–water partition coefficient (Wildman–Crippen LogP) is 3.50. The van der Waals surface area contributed by atoms with Gasteiger partial charge in [0.2, 0.25) is 0 Å². The molecule has 0 amide bonds. The topological polar surface area (TPSA) is 43.2 Å². The zero-order valence-corrected chi connectivity index (χ0v) is 14.1. The average Bonchev–Trinajstić information content (AvgIpc) is 2.87. The molecular weight excluding hydrogens is 322 g/mol. The summed E-state index contributed by atoms with van der Waals surface area (Å²) < 4.78 is 28.1. The molecule has 1 unspecified atom stereocenters. The highest BCUT2D eigenvalue weighted by Crippen LogP contribution is 2.27. The maximum atomic E-state index is 14.1. The van der Waals surface area contributed by atoms with E-state index in [2.05, 4.69) is 20.9 Å². The third-order valence-corrected chi connectivity index (χ3v) is 4.70. The third kappa shape index (κ3) is 3.62. The van der Waals surface area contributed by atoms with Gasteiger partial charge >= 0.3 is 0 Å². The molecule has 1 fully saturated rings. The average molecular weight is 342 g/mol. The number of hydrogen-bond donors (Lipinski definition) is 0. The molecule has 1 aliphatic rings. The van der Waals surface area contributed by atoms with Gasteiger partial charge in [0, 0.05) is 44.0 Å². The van der Waals surface area contributed by atoms with Gasteiger partial charge in [-0.15, -0.1) is 0 Å². The highest BCUT2D eigenvalue weighted by Gasteiger charge is 2.25. The van der Waals surface area contributed by atoms with E-state index in [4.69, 9.17) is 0 Å². The van der Waals surface area contributed by atoms with Crippen LogP contribution >= 0.6 is 0 Å². The van der Waals surface area contributed by atoms with Crippen LogP contribution < -0.4 is 4.90 Å². The molecule has 130 valence electrons. The largest absolute Gasteiger partial charge is 0.354 e. The third-order valence-electron chi connectivity index (χ3n) is 4.70. The van der Waals surface area contributed by atoms with E-state index in [-0.39, 0.29) is 11.6 Å². The monoisotopic (exact) mass is 342 g/mol. The van der Waals surface area contributed by atoms with Crippen LogP contribution in [-0.2, 0) is 0 Å². The Hall–Kier alpha value is -2.52. The molecular formula is C19H20F2N4. The van der Waals surface area contributed by atoms with E-state index < -0.39 is 11.6 Å². The van der Waals surface area contributed by atoms with Crippen LogP contribution in [0.25, 0.3) is 0 Å². The summed E-state index contributed by atoms with van der Waals surface area (Å²) in [6, 6.07) is 9.30. The Labute approximate surface area is 146 Å². The Balaban J connectivity index is 1.77. The van der Waals surface area contributed by atoms with Crippen molar-refractivity contribution in [2.45, 2.75) is 19.4 Å². The van der Waals surface area contributed by atoms with E-state index in [1.807, 2.05) is 6.92 Å². The fourth-order valence-electron chi connectivity index (χ4n) is 3.37. The van der Waals surface area contributed by atoms with Gasteiger partial charge in [-0.1, -0.05) is 6.07 Å². The van der Waals surface area contributed by atoms with Crippen LogP contribution in [0, 0.1) is 23.0 Å². The summed E-state index contributed by atoms with van der Waals surface area (Å²) in [6.07, 6.45) is 2.51. The van der Waals surface area contributed by atoms with Crippen LogP contribution in [0.3, 0.4) is 0 Å². The van der Waals surface area contributed by atoms with Crippen molar-refractivity contribution in [3.63, 3.8) is 0 Å². The second-order valence-corrected chi connectivity index (χ2v) is 6.17. The molecule has 25 heavy (non-hydrogen) atoms. The Kier molecular flexibility index (Phi) is 5.25. The Morgan fingerprint density at radius 1 is 1.08 bits per heavy atom. The van der Waals surface area contributed by atoms with Gasteiger partial charge in [0.25, 0.3) is 0 Å². The SMILES string of the molecule is CC(c1c(F)cccc1F)N1CCCN(c2ncccc2C#N)CC1. The molecule has 1 aromatic heterocycles. The first-order valence-electron chi connectivity index (χ1n) is 8.40. The number of nitrogens with zero attached hydrogens (tertiary/aromatic N) is 4. The van der Waals surface area contributed by atoms with Crippen molar-refractivity contribution in [1.82, 2.24) is 9.88 Å². The molecule has 6 heteroatoms. The molecule has 1 saturated heterocycles. The maximum Gasteiger partial charge on any atom is 0.146 e. The number of pyridine rings is 1. The molecule has 0 aliphatic carbocycles. The highest BCUT2D eigenvalue weighted by atomic mass is 19.1. The molecule has 2 heterocycles. The summed E-state index contributed by atoms with van der Waals surface area (Å²) in [5.74, 6) is -0.341. The van der Waals surface area contributed by atoms with Gasteiger partial charge < -0.3 is 4.90 Å². The first-order valence-corrected chi connectivity index (χ1v) is 8.40. The number of benzene rings is 1. The molecule has 1 aliphatic heterocycles. The van der Waals surface area contributed by atoms with E-state index in [1.54, 1.807) is 18.3 Å². The number of hydrogen-bond acceptors (Lipinski definition) is 4. The fourth-order valence-corrected chi connectivity index (χ4v) is 3.37. The van der Waals surface area contributed by atoms with Crippen molar-refractivity contribution in [3.8, 4) is 6.07 Å². The van der Waals surface area contributed by atoms with E-state index in [9.17, 15) is 14.0 Å². The lowest BCUT2D eigenvalue weighted by molar-refractivity contribution is 0.217. The fraction of sp³-hybridized carbons (Fsp3) is 0.368. The van der Waals surface area contributed by atoms with Crippen LogP contribution in [0.5, 0.6) is 0 Å². The van der Waals surface area contributed by atoms with Gasteiger partial charge in [0.15, 0.2) is 0 Å². The minimum atomic E-state index is -0.509. The van der Waals surface area contributed by atoms with Crippen LogP contribution in [-0.4, -0.2) is 36.1 Å². The van der Waals surface area contributed by atoms with Crippen molar-refractivity contribution in [2.24, 2.45) is 0 Å². The van der Waals surface area contributed by atoms with E-state index in [1.165, 1.54) is 18.2 Å². The Morgan fingerprint density at radius 2 is 1.84 bits per heavy atom. The minimum absolute atomic E-state index is 0.117. The molecule has 0 saturated carbocycles. The molecule has 4 nitrogen and oxygen atoms in total. The van der Waals surface area contributed by atoms with Crippen molar-refractivity contribution >= 4 is 5.82 Å². The normalized spacial score (nSPS) is 17.0. The lowest BCUT2D eigenvalue weighted by Gasteiger charge is -2.28. The summed E-state index contributed by atoms with van der Waals surface area (Å²) >= 11 is 0. The van der Waals surface area contributed by atoms with E-state index in [0.29, 0.717) is 24.5 Å². The number of aromatic nitrogens is 1. The van der Waals surface area contributed by atoms with Gasteiger partial charge in [-0.25, -0.2) is 13.8 Å². The molecule has 0 bridgehead atoms. The Morgan fingerprint density at radius 3 is 2.56 bits per heavy atom. The highest BCUT2D eigenvalue weighted by molar-refractivity contribution is 5.53. The zero-order valence-electron chi connectivity index (χ0n) is 14.1. The maximum absolute atomic E-state index is 14.1. The zero-order chi connectivity index (χ0) is 17.8. The lowest BCUT2D eigenvalue weighted by atomic mass is 10.1. The Bertz CT molecular complexity index is 767. The molecule has 1 aromatic carbocycles. The second-order valence-electron chi connectivity index (χ2n) is 6.17. The first-order chi connectivity index (χ1) is 12.1.